The maximum atomic E-state index is 10.6. The Morgan fingerprint density at radius 1 is 0.760 bits per heavy atom. The molecule has 0 unspecified atom stereocenters. The van der Waals surface area contributed by atoms with Crippen LogP contribution in [0.3, 0.4) is 0 Å². The van der Waals surface area contributed by atoms with Gasteiger partial charge in [-0.05, 0) is 30.5 Å². The second kappa shape index (κ2) is 14.8. The van der Waals surface area contributed by atoms with Crippen LogP contribution in [0.25, 0.3) is 0 Å². The molecule has 1 rings (SSSR count). The first-order chi connectivity index (χ1) is 12.2. The van der Waals surface area contributed by atoms with Gasteiger partial charge in [-0.1, -0.05) is 96.1 Å². The molecule has 0 aliphatic rings. The Morgan fingerprint density at radius 2 is 1.20 bits per heavy atom. The molecule has 0 fully saturated rings. The van der Waals surface area contributed by atoms with Crippen molar-refractivity contribution in [2.45, 2.75) is 96.8 Å². The van der Waals surface area contributed by atoms with Crippen LogP contribution in [0.1, 0.15) is 96.0 Å². The molecule has 1 amide bonds. The normalized spacial score (nSPS) is 10.8. The molecule has 0 aromatic heterocycles. The summed E-state index contributed by atoms with van der Waals surface area (Å²) in [5.74, 6) is 0. The van der Waals surface area contributed by atoms with E-state index >= 15 is 0 Å². The first kappa shape index (κ1) is 21.5. The van der Waals surface area contributed by atoms with Crippen LogP contribution in [-0.4, -0.2) is 11.2 Å². The van der Waals surface area contributed by atoms with Crippen LogP contribution in [0, 0.1) is 0 Å². The lowest BCUT2D eigenvalue weighted by molar-refractivity contribution is 0.210. The summed E-state index contributed by atoms with van der Waals surface area (Å²) in [6.45, 7) is 2.27. The lowest BCUT2D eigenvalue weighted by atomic mass is 10.0. The van der Waals surface area contributed by atoms with E-state index in [-0.39, 0.29) is 0 Å². The monoisotopic (exact) mass is 347 g/mol. The SMILES string of the molecule is CCCCCCCCCCCCCCCc1ccc(NC(=O)O)cc1. The number of carboxylic acid groups (broad SMARTS) is 1. The van der Waals surface area contributed by atoms with Gasteiger partial charge in [0.05, 0.1) is 0 Å². The number of nitrogens with one attached hydrogen (secondary N) is 1. The van der Waals surface area contributed by atoms with Crippen LogP contribution in [0.15, 0.2) is 24.3 Å². The highest BCUT2D eigenvalue weighted by Gasteiger charge is 1.99. The van der Waals surface area contributed by atoms with E-state index in [1.807, 2.05) is 24.3 Å². The topological polar surface area (TPSA) is 49.3 Å². The molecule has 25 heavy (non-hydrogen) atoms. The number of anilines is 1. The first-order valence-electron chi connectivity index (χ1n) is 10.3. The summed E-state index contributed by atoms with van der Waals surface area (Å²) < 4.78 is 0. The fourth-order valence-corrected chi connectivity index (χ4v) is 3.23. The van der Waals surface area contributed by atoms with Gasteiger partial charge in [-0.25, -0.2) is 4.79 Å². The highest BCUT2D eigenvalue weighted by Crippen LogP contribution is 2.15. The van der Waals surface area contributed by atoms with Crippen molar-refractivity contribution >= 4 is 11.8 Å². The Kier molecular flexibility index (Phi) is 12.7. The van der Waals surface area contributed by atoms with Gasteiger partial charge in [-0.2, -0.15) is 0 Å². The summed E-state index contributed by atoms with van der Waals surface area (Å²) in [6, 6.07) is 7.72. The first-order valence-corrected chi connectivity index (χ1v) is 10.3. The quantitative estimate of drug-likeness (QED) is 0.324. The van der Waals surface area contributed by atoms with Crippen molar-refractivity contribution < 1.29 is 9.90 Å². The third kappa shape index (κ3) is 12.5. The molecule has 0 saturated carbocycles. The molecule has 142 valence electrons. The summed E-state index contributed by atoms with van der Waals surface area (Å²) in [4.78, 5) is 10.6. The Balaban J connectivity index is 1.89. The summed E-state index contributed by atoms with van der Waals surface area (Å²) in [6.07, 6.45) is 18.0. The lowest BCUT2D eigenvalue weighted by Gasteiger charge is -2.05. The molecule has 0 spiro atoms. The van der Waals surface area contributed by atoms with Crippen LogP contribution < -0.4 is 5.32 Å². The molecule has 0 aliphatic heterocycles. The number of rotatable bonds is 15. The summed E-state index contributed by atoms with van der Waals surface area (Å²) in [7, 11) is 0. The Bertz CT molecular complexity index is 442. The van der Waals surface area contributed by atoms with E-state index in [1.54, 1.807) is 0 Å². The number of amides is 1. The van der Waals surface area contributed by atoms with Crippen LogP contribution in [0.5, 0.6) is 0 Å². The molecule has 0 heterocycles. The van der Waals surface area contributed by atoms with Crippen molar-refractivity contribution in [3.63, 3.8) is 0 Å². The van der Waals surface area contributed by atoms with E-state index in [2.05, 4.69) is 12.2 Å². The maximum absolute atomic E-state index is 10.6. The molecule has 3 heteroatoms. The molecule has 0 aliphatic carbocycles. The van der Waals surface area contributed by atoms with Gasteiger partial charge in [0.2, 0.25) is 0 Å². The zero-order chi connectivity index (χ0) is 18.2. The highest BCUT2D eigenvalue weighted by atomic mass is 16.4. The van der Waals surface area contributed by atoms with Crippen molar-refractivity contribution in [1.29, 1.82) is 0 Å². The molecular weight excluding hydrogens is 310 g/mol. The van der Waals surface area contributed by atoms with Crippen LogP contribution in [0.2, 0.25) is 0 Å². The smallest absolute Gasteiger partial charge is 0.409 e. The molecule has 1 aromatic carbocycles. The standard InChI is InChI=1S/C22H37NO2/c1-2-3-4-5-6-7-8-9-10-11-12-13-14-15-20-16-18-21(19-17-20)23-22(24)25/h16-19,23H,2-15H2,1H3,(H,24,25). The van der Waals surface area contributed by atoms with Gasteiger partial charge in [0.15, 0.2) is 0 Å². The van der Waals surface area contributed by atoms with Crippen LogP contribution >= 0.6 is 0 Å². The van der Waals surface area contributed by atoms with Crippen LogP contribution in [-0.2, 0) is 6.42 Å². The molecule has 2 N–H and O–H groups in total. The molecule has 3 nitrogen and oxygen atoms in total. The molecule has 0 saturated heterocycles. The van der Waals surface area contributed by atoms with Gasteiger partial charge < -0.3 is 5.11 Å². The molecule has 0 atom stereocenters. The van der Waals surface area contributed by atoms with Gasteiger partial charge in [-0.3, -0.25) is 5.32 Å². The van der Waals surface area contributed by atoms with Gasteiger partial charge in [-0.15, -0.1) is 0 Å². The second-order valence-electron chi connectivity index (χ2n) is 7.12. The summed E-state index contributed by atoms with van der Waals surface area (Å²) in [5.41, 5.74) is 1.93. The largest absolute Gasteiger partial charge is 0.465 e. The van der Waals surface area contributed by atoms with E-state index in [0.717, 1.165) is 6.42 Å². The maximum Gasteiger partial charge on any atom is 0.409 e. The Labute approximate surface area is 154 Å². The van der Waals surface area contributed by atoms with E-state index in [0.29, 0.717) is 5.69 Å². The van der Waals surface area contributed by atoms with Crippen molar-refractivity contribution in [2.75, 3.05) is 5.32 Å². The molecule has 0 bridgehead atoms. The predicted molar refractivity (Wildman–Crippen MR) is 107 cm³/mol. The fraction of sp³-hybridized carbons (Fsp3) is 0.682. The van der Waals surface area contributed by atoms with Crippen molar-refractivity contribution in [3.05, 3.63) is 29.8 Å². The number of unbranched alkanes of at least 4 members (excludes halogenated alkanes) is 12. The number of hydrogen-bond donors (Lipinski definition) is 2. The summed E-state index contributed by atoms with van der Waals surface area (Å²) in [5, 5.41) is 11.0. The van der Waals surface area contributed by atoms with Crippen LogP contribution in [0.4, 0.5) is 10.5 Å². The minimum Gasteiger partial charge on any atom is -0.465 e. The van der Waals surface area contributed by atoms with E-state index in [9.17, 15) is 4.79 Å². The molecule has 1 aromatic rings. The fourth-order valence-electron chi connectivity index (χ4n) is 3.23. The van der Waals surface area contributed by atoms with Gasteiger partial charge >= 0.3 is 6.09 Å². The summed E-state index contributed by atoms with van der Waals surface area (Å²) >= 11 is 0. The number of hydrogen-bond acceptors (Lipinski definition) is 1. The van der Waals surface area contributed by atoms with Gasteiger partial charge in [0.25, 0.3) is 0 Å². The predicted octanol–water partition coefficient (Wildman–Crippen LogP) is 7.41. The zero-order valence-corrected chi connectivity index (χ0v) is 16.1. The Hall–Kier alpha value is -1.51. The Morgan fingerprint density at radius 3 is 1.64 bits per heavy atom. The number of carbonyl (C=O) groups is 1. The third-order valence-electron chi connectivity index (χ3n) is 4.77. The van der Waals surface area contributed by atoms with E-state index in [4.69, 9.17) is 5.11 Å². The molecule has 0 radical (unpaired) electrons. The molecular formula is C22H37NO2. The average molecular weight is 348 g/mol. The van der Waals surface area contributed by atoms with Gasteiger partial charge in [0.1, 0.15) is 0 Å². The van der Waals surface area contributed by atoms with E-state index < -0.39 is 6.09 Å². The number of aryl methyl sites for hydroxylation is 1. The van der Waals surface area contributed by atoms with Crippen molar-refractivity contribution in [1.82, 2.24) is 0 Å². The van der Waals surface area contributed by atoms with Crippen molar-refractivity contribution in [3.8, 4) is 0 Å². The lowest BCUT2D eigenvalue weighted by Crippen LogP contribution is -2.06. The zero-order valence-electron chi connectivity index (χ0n) is 16.1. The average Bonchev–Trinajstić information content (AvgIpc) is 2.60. The highest BCUT2D eigenvalue weighted by molar-refractivity contribution is 5.82. The second-order valence-corrected chi connectivity index (χ2v) is 7.12. The third-order valence-corrected chi connectivity index (χ3v) is 4.77. The minimum absolute atomic E-state index is 0.640. The number of benzene rings is 1. The van der Waals surface area contributed by atoms with Crippen molar-refractivity contribution in [2.24, 2.45) is 0 Å². The van der Waals surface area contributed by atoms with E-state index in [1.165, 1.54) is 89.0 Å². The minimum atomic E-state index is -1.01. The van der Waals surface area contributed by atoms with Gasteiger partial charge in [0, 0.05) is 5.69 Å².